The first-order valence-corrected chi connectivity index (χ1v) is 12.0. The molecule has 0 radical (unpaired) electrons. The molecule has 8 heteroatoms. The van der Waals surface area contributed by atoms with E-state index in [0.717, 1.165) is 22.3 Å². The maximum atomic E-state index is 12.9. The molecule has 3 rings (SSSR count). The van der Waals surface area contributed by atoms with Gasteiger partial charge in [-0.2, -0.15) is 0 Å². The number of nitrogens with one attached hydrogen (secondary N) is 2. The summed E-state index contributed by atoms with van der Waals surface area (Å²) in [5.41, 5.74) is 4.43. The van der Waals surface area contributed by atoms with Crippen LogP contribution in [0.25, 0.3) is 11.1 Å². The molecule has 2 amide bonds. The fourth-order valence-electron chi connectivity index (χ4n) is 4.45. The monoisotopic (exact) mass is 482 g/mol. The number of hydrogen-bond acceptors (Lipinski definition) is 5. The van der Waals surface area contributed by atoms with Crippen LogP contribution in [0, 0.1) is 5.92 Å². The predicted octanol–water partition coefficient (Wildman–Crippen LogP) is 3.94. The van der Waals surface area contributed by atoms with E-state index in [1.807, 2.05) is 50.2 Å². The molecule has 3 N–H and O–H groups in total. The van der Waals surface area contributed by atoms with Crippen molar-refractivity contribution in [1.29, 1.82) is 0 Å². The van der Waals surface area contributed by atoms with Gasteiger partial charge in [-0.05, 0) is 47.4 Å². The van der Waals surface area contributed by atoms with Crippen LogP contribution in [0.3, 0.4) is 0 Å². The zero-order chi connectivity index (χ0) is 25.4. The number of carbonyl (C=O) groups is 3. The molecule has 0 bridgehead atoms. The number of aliphatic carboxylic acids is 1. The standard InChI is InChI=1S/C27H34N2O6/c1-17(2)15-24(26(31)32)28-25(30)23(13-8-14-34-3)29-27(33)35-16-22-20-11-6-4-9-18(20)19-10-5-7-12-21(19)22/h4-7,9-12,17,22-24H,8,13-16H2,1-3H3,(H,28,30)(H,29,33)(H,31,32). The maximum absolute atomic E-state index is 12.9. The largest absolute Gasteiger partial charge is 0.480 e. The average Bonchev–Trinajstić information content (AvgIpc) is 3.15. The Balaban J connectivity index is 1.65. The Morgan fingerprint density at radius 3 is 2.09 bits per heavy atom. The number of ether oxygens (including phenoxy) is 2. The zero-order valence-electron chi connectivity index (χ0n) is 20.5. The SMILES string of the molecule is COCCCC(NC(=O)OCC1c2ccccc2-c2ccccc21)C(=O)NC(CC(C)C)C(=O)O. The van der Waals surface area contributed by atoms with Crippen molar-refractivity contribution in [2.24, 2.45) is 5.92 Å². The van der Waals surface area contributed by atoms with Crippen molar-refractivity contribution in [2.45, 2.75) is 51.1 Å². The normalized spacial score (nSPS) is 14.1. The van der Waals surface area contributed by atoms with E-state index in [9.17, 15) is 19.5 Å². The number of alkyl carbamates (subject to hydrolysis) is 1. The van der Waals surface area contributed by atoms with Crippen LogP contribution in [0.2, 0.25) is 0 Å². The lowest BCUT2D eigenvalue weighted by atomic mass is 9.98. The van der Waals surface area contributed by atoms with Gasteiger partial charge in [-0.3, -0.25) is 4.79 Å². The molecule has 0 aromatic heterocycles. The van der Waals surface area contributed by atoms with Crippen molar-refractivity contribution in [1.82, 2.24) is 10.6 Å². The van der Waals surface area contributed by atoms with E-state index < -0.39 is 30.1 Å². The first-order valence-electron chi connectivity index (χ1n) is 12.0. The second-order valence-electron chi connectivity index (χ2n) is 9.19. The summed E-state index contributed by atoms with van der Waals surface area (Å²) < 4.78 is 10.6. The van der Waals surface area contributed by atoms with Crippen LogP contribution < -0.4 is 10.6 Å². The second kappa shape index (κ2) is 12.4. The Morgan fingerprint density at radius 1 is 0.943 bits per heavy atom. The summed E-state index contributed by atoms with van der Waals surface area (Å²) in [5.74, 6) is -1.68. The number of hydrogen-bond donors (Lipinski definition) is 3. The van der Waals surface area contributed by atoms with Gasteiger partial charge in [-0.1, -0.05) is 62.4 Å². The summed E-state index contributed by atoms with van der Waals surface area (Å²) in [6, 6.07) is 14.1. The maximum Gasteiger partial charge on any atom is 0.407 e. The molecule has 0 saturated heterocycles. The predicted molar refractivity (Wildman–Crippen MR) is 132 cm³/mol. The van der Waals surface area contributed by atoms with E-state index >= 15 is 0 Å². The molecule has 2 unspecified atom stereocenters. The Hall–Kier alpha value is -3.39. The van der Waals surface area contributed by atoms with Crippen molar-refractivity contribution in [3.63, 3.8) is 0 Å². The molecule has 1 aliphatic carbocycles. The Morgan fingerprint density at radius 2 is 1.54 bits per heavy atom. The molecule has 0 heterocycles. The van der Waals surface area contributed by atoms with E-state index in [-0.39, 0.29) is 31.3 Å². The van der Waals surface area contributed by atoms with Crippen LogP contribution in [0.1, 0.15) is 50.2 Å². The minimum atomic E-state index is -1.11. The minimum Gasteiger partial charge on any atom is -0.480 e. The first-order chi connectivity index (χ1) is 16.8. The van der Waals surface area contributed by atoms with Gasteiger partial charge in [0, 0.05) is 19.6 Å². The average molecular weight is 483 g/mol. The number of carboxylic acids is 1. The lowest BCUT2D eigenvalue weighted by molar-refractivity contribution is -0.142. The van der Waals surface area contributed by atoms with Gasteiger partial charge in [-0.15, -0.1) is 0 Å². The van der Waals surface area contributed by atoms with Crippen molar-refractivity contribution in [3.8, 4) is 11.1 Å². The van der Waals surface area contributed by atoms with Gasteiger partial charge >= 0.3 is 12.1 Å². The summed E-state index contributed by atoms with van der Waals surface area (Å²) in [5, 5.41) is 14.6. The molecule has 0 aliphatic heterocycles. The molecular formula is C27H34N2O6. The lowest BCUT2D eigenvalue weighted by Crippen LogP contribution is -2.52. The van der Waals surface area contributed by atoms with Gasteiger partial charge in [0.1, 0.15) is 18.7 Å². The fraction of sp³-hybridized carbons (Fsp3) is 0.444. The minimum absolute atomic E-state index is 0.0819. The highest BCUT2D eigenvalue weighted by atomic mass is 16.5. The third-order valence-corrected chi connectivity index (χ3v) is 6.12. The highest BCUT2D eigenvalue weighted by Crippen LogP contribution is 2.44. The fourth-order valence-corrected chi connectivity index (χ4v) is 4.45. The number of amides is 2. The number of methoxy groups -OCH3 is 1. The van der Waals surface area contributed by atoms with Crippen LogP contribution >= 0.6 is 0 Å². The zero-order valence-corrected chi connectivity index (χ0v) is 20.5. The van der Waals surface area contributed by atoms with Crippen molar-refractivity contribution in [3.05, 3.63) is 59.7 Å². The molecule has 8 nitrogen and oxygen atoms in total. The van der Waals surface area contributed by atoms with Crippen LogP contribution in [0.4, 0.5) is 4.79 Å². The highest BCUT2D eigenvalue weighted by molar-refractivity contribution is 5.89. The van der Waals surface area contributed by atoms with Gasteiger partial charge in [0.25, 0.3) is 0 Å². The third kappa shape index (κ3) is 6.82. The van der Waals surface area contributed by atoms with Crippen molar-refractivity contribution in [2.75, 3.05) is 20.3 Å². The molecule has 0 fully saturated rings. The van der Waals surface area contributed by atoms with Crippen LogP contribution in [0.5, 0.6) is 0 Å². The molecule has 188 valence electrons. The Bertz CT molecular complexity index is 992. The Labute approximate surface area is 206 Å². The van der Waals surface area contributed by atoms with Gasteiger partial charge in [0.05, 0.1) is 0 Å². The van der Waals surface area contributed by atoms with E-state index in [0.29, 0.717) is 13.0 Å². The number of rotatable bonds is 12. The smallest absolute Gasteiger partial charge is 0.407 e. The molecule has 2 atom stereocenters. The highest BCUT2D eigenvalue weighted by Gasteiger charge is 2.30. The molecule has 1 aliphatic rings. The van der Waals surface area contributed by atoms with E-state index in [4.69, 9.17) is 9.47 Å². The van der Waals surface area contributed by atoms with Crippen LogP contribution in [-0.2, 0) is 19.1 Å². The third-order valence-electron chi connectivity index (χ3n) is 6.12. The number of carboxylic acid groups (broad SMARTS) is 1. The van der Waals surface area contributed by atoms with Crippen LogP contribution in [0.15, 0.2) is 48.5 Å². The summed E-state index contributed by atoms with van der Waals surface area (Å²) >= 11 is 0. The summed E-state index contributed by atoms with van der Waals surface area (Å²) in [7, 11) is 1.55. The molecular weight excluding hydrogens is 448 g/mol. The van der Waals surface area contributed by atoms with E-state index in [1.54, 1.807) is 7.11 Å². The van der Waals surface area contributed by atoms with E-state index in [2.05, 4.69) is 22.8 Å². The van der Waals surface area contributed by atoms with Gasteiger partial charge in [0.2, 0.25) is 5.91 Å². The number of carbonyl (C=O) groups excluding carboxylic acids is 2. The van der Waals surface area contributed by atoms with Gasteiger partial charge < -0.3 is 25.2 Å². The molecule has 2 aromatic rings. The van der Waals surface area contributed by atoms with Crippen molar-refractivity contribution >= 4 is 18.0 Å². The van der Waals surface area contributed by atoms with E-state index in [1.165, 1.54) is 0 Å². The topological polar surface area (TPSA) is 114 Å². The molecule has 35 heavy (non-hydrogen) atoms. The van der Waals surface area contributed by atoms with Gasteiger partial charge in [-0.25, -0.2) is 9.59 Å². The summed E-state index contributed by atoms with van der Waals surface area (Å²) in [6.07, 6.45) is 0.370. The summed E-state index contributed by atoms with van der Waals surface area (Å²) in [6.45, 7) is 4.29. The number of benzene rings is 2. The van der Waals surface area contributed by atoms with Crippen LogP contribution in [-0.4, -0.2) is 55.5 Å². The Kier molecular flexibility index (Phi) is 9.25. The molecule has 2 aromatic carbocycles. The van der Waals surface area contributed by atoms with Gasteiger partial charge in [0.15, 0.2) is 0 Å². The van der Waals surface area contributed by atoms with Crippen molar-refractivity contribution < 1.29 is 29.0 Å². The molecule has 0 spiro atoms. The quantitative estimate of drug-likeness (QED) is 0.395. The number of fused-ring (bicyclic) bond motifs is 3. The lowest BCUT2D eigenvalue weighted by Gasteiger charge is -2.22. The summed E-state index contributed by atoms with van der Waals surface area (Å²) in [4.78, 5) is 37.2. The molecule has 0 saturated carbocycles. The second-order valence-corrected chi connectivity index (χ2v) is 9.19. The first kappa shape index (κ1) is 26.2.